The Morgan fingerprint density at radius 3 is 2.38 bits per heavy atom. The molecule has 2 rings (SSSR count). The van der Waals surface area contributed by atoms with Crippen LogP contribution >= 0.6 is 23.2 Å². The highest BCUT2D eigenvalue weighted by molar-refractivity contribution is 6.39. The van der Waals surface area contributed by atoms with Crippen LogP contribution in [0.4, 0.5) is 5.69 Å². The number of halogens is 2. The van der Waals surface area contributed by atoms with E-state index in [4.69, 9.17) is 28.9 Å². The molecule has 0 aromatic heterocycles. The number of amides is 1. The second-order valence-electron chi connectivity index (χ2n) is 5.27. The lowest BCUT2D eigenvalue weighted by atomic mass is 9.84. The van der Waals surface area contributed by atoms with E-state index in [2.05, 4.69) is 0 Å². The normalized spacial score (nSPS) is 21.6. The van der Waals surface area contributed by atoms with Crippen LogP contribution in [0.3, 0.4) is 0 Å². The number of hydrogen-bond acceptors (Lipinski definition) is 3. The number of nitrogens with two attached hydrogens (primary N) is 1. The van der Waals surface area contributed by atoms with Crippen molar-refractivity contribution in [2.24, 2.45) is 5.41 Å². The van der Waals surface area contributed by atoms with E-state index in [1.54, 1.807) is 0 Å². The summed E-state index contributed by atoms with van der Waals surface area (Å²) in [5.41, 5.74) is 5.32. The van der Waals surface area contributed by atoms with Crippen molar-refractivity contribution < 1.29 is 14.7 Å². The third kappa shape index (κ3) is 2.80. The lowest BCUT2D eigenvalue weighted by Gasteiger charge is -2.23. The summed E-state index contributed by atoms with van der Waals surface area (Å²) in [6.07, 6.45) is 0.927. The number of anilines is 1. The molecule has 1 aromatic carbocycles. The van der Waals surface area contributed by atoms with Crippen molar-refractivity contribution in [3.05, 3.63) is 27.7 Å². The van der Waals surface area contributed by atoms with Gasteiger partial charge in [-0.2, -0.15) is 0 Å². The second-order valence-corrected chi connectivity index (χ2v) is 6.08. The van der Waals surface area contributed by atoms with Gasteiger partial charge in [-0.15, -0.1) is 0 Å². The van der Waals surface area contributed by atoms with Gasteiger partial charge in [0.1, 0.15) is 0 Å². The van der Waals surface area contributed by atoms with Crippen LogP contribution in [0, 0.1) is 5.41 Å². The van der Waals surface area contributed by atoms with Crippen LogP contribution in [-0.2, 0) is 4.79 Å². The van der Waals surface area contributed by atoms with Crippen LogP contribution in [0.5, 0.6) is 0 Å². The summed E-state index contributed by atoms with van der Waals surface area (Å²) in [5.74, 6) is -1.15. The monoisotopic (exact) mass is 330 g/mol. The number of nitrogen functional groups attached to an aromatic ring is 1. The largest absolute Gasteiger partial charge is 0.481 e. The maximum Gasteiger partial charge on any atom is 0.311 e. The van der Waals surface area contributed by atoms with Gasteiger partial charge in [-0.25, -0.2) is 0 Å². The molecule has 114 valence electrons. The minimum Gasteiger partial charge on any atom is -0.481 e. The molecule has 0 spiro atoms. The first kappa shape index (κ1) is 15.9. The summed E-state index contributed by atoms with van der Waals surface area (Å²) in [5, 5.41) is 9.79. The maximum atomic E-state index is 12.5. The Morgan fingerprint density at radius 2 is 1.95 bits per heavy atom. The third-order valence-corrected chi connectivity index (χ3v) is 4.72. The minimum absolute atomic E-state index is 0.192. The number of likely N-dealkylation sites (tertiary alicyclic amines) is 1. The molecule has 1 amide bonds. The first-order valence-corrected chi connectivity index (χ1v) is 7.33. The van der Waals surface area contributed by atoms with Crippen molar-refractivity contribution in [1.82, 2.24) is 4.90 Å². The first-order valence-electron chi connectivity index (χ1n) is 6.58. The SMILES string of the molecule is CCC1(C(=O)O)CCN(C(=O)c2cc(Cl)c(N)c(Cl)c2)C1. The number of carboxylic acid groups (broad SMARTS) is 1. The average Bonchev–Trinajstić information content (AvgIpc) is 2.89. The van der Waals surface area contributed by atoms with Gasteiger partial charge < -0.3 is 15.7 Å². The number of carbonyl (C=O) groups is 2. The standard InChI is InChI=1S/C14H16Cl2N2O3/c1-2-14(13(20)21)3-4-18(7-14)12(19)8-5-9(15)11(17)10(16)6-8/h5-6H,2-4,7,17H2,1H3,(H,20,21). The molecule has 1 saturated heterocycles. The van der Waals surface area contributed by atoms with Crippen LogP contribution in [-0.4, -0.2) is 35.0 Å². The van der Waals surface area contributed by atoms with E-state index in [1.165, 1.54) is 17.0 Å². The van der Waals surface area contributed by atoms with Crippen molar-refractivity contribution >= 4 is 40.8 Å². The number of nitrogens with zero attached hydrogens (tertiary/aromatic N) is 1. The Bertz CT molecular complexity index is 583. The topological polar surface area (TPSA) is 83.6 Å². The van der Waals surface area contributed by atoms with Gasteiger partial charge in [0.05, 0.1) is 21.1 Å². The van der Waals surface area contributed by atoms with Gasteiger partial charge in [-0.05, 0) is 25.0 Å². The summed E-state index contributed by atoms with van der Waals surface area (Å²) in [4.78, 5) is 25.4. The van der Waals surface area contributed by atoms with Crippen molar-refractivity contribution in [3.8, 4) is 0 Å². The molecule has 1 heterocycles. The number of rotatable bonds is 3. The summed E-state index contributed by atoms with van der Waals surface area (Å²) in [6.45, 7) is 2.41. The van der Waals surface area contributed by atoms with Crippen LogP contribution in [0.25, 0.3) is 0 Å². The first-order chi connectivity index (χ1) is 9.80. The molecule has 1 unspecified atom stereocenters. The molecule has 1 atom stereocenters. The van der Waals surface area contributed by atoms with E-state index < -0.39 is 11.4 Å². The fourth-order valence-corrected chi connectivity index (χ4v) is 3.04. The molecule has 0 bridgehead atoms. The van der Waals surface area contributed by atoms with Crippen molar-refractivity contribution in [1.29, 1.82) is 0 Å². The Labute approximate surface area is 132 Å². The van der Waals surface area contributed by atoms with E-state index >= 15 is 0 Å². The summed E-state index contributed by atoms with van der Waals surface area (Å²) in [7, 11) is 0. The van der Waals surface area contributed by atoms with Gasteiger partial charge >= 0.3 is 5.97 Å². The van der Waals surface area contributed by atoms with Gasteiger partial charge in [0, 0.05) is 18.7 Å². The molecule has 1 aliphatic heterocycles. The second kappa shape index (κ2) is 5.73. The number of aliphatic carboxylic acids is 1. The van der Waals surface area contributed by atoms with Crippen molar-refractivity contribution in [2.45, 2.75) is 19.8 Å². The van der Waals surface area contributed by atoms with Gasteiger partial charge in [0.25, 0.3) is 5.91 Å². The number of carbonyl (C=O) groups excluding carboxylic acids is 1. The number of carboxylic acids is 1. The highest BCUT2D eigenvalue weighted by atomic mass is 35.5. The van der Waals surface area contributed by atoms with Crippen molar-refractivity contribution in [2.75, 3.05) is 18.8 Å². The molecule has 5 nitrogen and oxygen atoms in total. The molecule has 7 heteroatoms. The van der Waals surface area contributed by atoms with E-state index in [0.29, 0.717) is 24.9 Å². The predicted molar refractivity (Wildman–Crippen MR) is 81.8 cm³/mol. The Balaban J connectivity index is 2.25. The van der Waals surface area contributed by atoms with E-state index in [1.807, 2.05) is 6.92 Å². The maximum absolute atomic E-state index is 12.5. The summed E-state index contributed by atoms with van der Waals surface area (Å²) >= 11 is 11.9. The molecule has 1 aromatic rings. The van der Waals surface area contributed by atoms with Gasteiger partial charge in [0.2, 0.25) is 0 Å². The fraction of sp³-hybridized carbons (Fsp3) is 0.429. The van der Waals surface area contributed by atoms with Crippen LogP contribution in [0.1, 0.15) is 30.1 Å². The zero-order valence-electron chi connectivity index (χ0n) is 11.5. The van der Waals surface area contributed by atoms with Gasteiger partial charge in [0.15, 0.2) is 0 Å². The third-order valence-electron chi connectivity index (χ3n) is 4.10. The van der Waals surface area contributed by atoms with Crippen LogP contribution in [0.15, 0.2) is 12.1 Å². The summed E-state index contributed by atoms with van der Waals surface area (Å²) in [6, 6.07) is 2.91. The Kier molecular flexibility index (Phi) is 4.35. The molecule has 0 radical (unpaired) electrons. The molecular formula is C14H16Cl2N2O3. The highest BCUT2D eigenvalue weighted by Crippen LogP contribution is 2.36. The molecule has 21 heavy (non-hydrogen) atoms. The van der Waals surface area contributed by atoms with E-state index in [9.17, 15) is 14.7 Å². The Morgan fingerprint density at radius 1 is 1.38 bits per heavy atom. The van der Waals surface area contributed by atoms with Crippen LogP contribution < -0.4 is 5.73 Å². The van der Waals surface area contributed by atoms with E-state index in [-0.39, 0.29) is 28.2 Å². The molecular weight excluding hydrogens is 315 g/mol. The lowest BCUT2D eigenvalue weighted by molar-refractivity contribution is -0.148. The Hall–Kier alpha value is -1.46. The van der Waals surface area contributed by atoms with Gasteiger partial charge in [-0.1, -0.05) is 30.1 Å². The zero-order chi connectivity index (χ0) is 15.8. The molecule has 1 fully saturated rings. The zero-order valence-corrected chi connectivity index (χ0v) is 13.0. The number of benzene rings is 1. The predicted octanol–water partition coefficient (Wildman–Crippen LogP) is 2.90. The van der Waals surface area contributed by atoms with Crippen LogP contribution in [0.2, 0.25) is 10.0 Å². The highest BCUT2D eigenvalue weighted by Gasteiger charge is 2.44. The smallest absolute Gasteiger partial charge is 0.311 e. The van der Waals surface area contributed by atoms with E-state index in [0.717, 1.165) is 0 Å². The van der Waals surface area contributed by atoms with Crippen molar-refractivity contribution in [3.63, 3.8) is 0 Å². The summed E-state index contributed by atoms with van der Waals surface area (Å²) < 4.78 is 0. The quantitative estimate of drug-likeness (QED) is 0.834. The van der Waals surface area contributed by atoms with Gasteiger partial charge in [-0.3, -0.25) is 9.59 Å². The molecule has 0 aliphatic carbocycles. The molecule has 1 aliphatic rings. The number of hydrogen-bond donors (Lipinski definition) is 2. The molecule has 0 saturated carbocycles. The molecule has 3 N–H and O–H groups in total. The average molecular weight is 331 g/mol. The fourth-order valence-electron chi connectivity index (χ4n) is 2.55. The minimum atomic E-state index is -0.867. The lowest BCUT2D eigenvalue weighted by Crippen LogP contribution is -2.36.